The molecule has 0 radical (unpaired) electrons. The van der Waals surface area contributed by atoms with Gasteiger partial charge in [0, 0.05) is 30.6 Å². The molecule has 1 saturated heterocycles. The number of benzene rings is 1. The second-order valence-corrected chi connectivity index (χ2v) is 7.47. The Morgan fingerprint density at radius 1 is 1.44 bits per heavy atom. The minimum Gasteiger partial charge on any atom is -0.340 e. The molecule has 2 amide bonds. The van der Waals surface area contributed by atoms with Gasteiger partial charge < -0.3 is 10.2 Å². The van der Waals surface area contributed by atoms with E-state index in [1.807, 2.05) is 30.5 Å². The second-order valence-electron chi connectivity index (χ2n) is 5.65. The van der Waals surface area contributed by atoms with Gasteiger partial charge in [0.2, 0.25) is 22.1 Å². The summed E-state index contributed by atoms with van der Waals surface area (Å²) in [5.41, 5.74) is 0.769. The lowest BCUT2D eigenvalue weighted by Crippen LogP contribution is -2.30. The topological polar surface area (TPSA) is 78.4 Å². The van der Waals surface area contributed by atoms with E-state index in [4.69, 9.17) is 0 Å². The van der Waals surface area contributed by atoms with E-state index in [1.54, 1.807) is 28.6 Å². The lowest BCUT2D eigenvalue weighted by molar-refractivity contribution is -0.117. The number of nitrogens with zero attached hydrogens (tertiary/aromatic N) is 4. The van der Waals surface area contributed by atoms with Crippen molar-refractivity contribution in [2.45, 2.75) is 17.7 Å². The highest BCUT2D eigenvalue weighted by Crippen LogP contribution is 2.29. The largest absolute Gasteiger partial charge is 0.340 e. The van der Waals surface area contributed by atoms with Crippen LogP contribution in [0.5, 0.6) is 0 Å². The van der Waals surface area contributed by atoms with Gasteiger partial charge in [-0.25, -0.2) is 0 Å². The summed E-state index contributed by atoms with van der Waals surface area (Å²) in [6.45, 7) is 0.843. The fourth-order valence-electron chi connectivity index (χ4n) is 2.51. The summed E-state index contributed by atoms with van der Waals surface area (Å²) >= 11 is 2.95. The molecule has 1 aliphatic heterocycles. The summed E-state index contributed by atoms with van der Waals surface area (Å²) in [6.07, 6.45) is 3.40. The highest BCUT2D eigenvalue weighted by molar-refractivity contribution is 7.98. The van der Waals surface area contributed by atoms with Crippen molar-refractivity contribution in [3.63, 3.8) is 0 Å². The van der Waals surface area contributed by atoms with E-state index in [0.717, 1.165) is 17.0 Å². The van der Waals surface area contributed by atoms with Crippen LogP contribution in [0.4, 0.5) is 16.0 Å². The quantitative estimate of drug-likeness (QED) is 0.779. The van der Waals surface area contributed by atoms with Crippen molar-refractivity contribution >= 4 is 50.9 Å². The van der Waals surface area contributed by atoms with Gasteiger partial charge in [-0.05, 0) is 30.9 Å². The molecule has 1 aromatic heterocycles. The average molecular weight is 377 g/mol. The molecule has 2 aromatic rings. The molecule has 132 valence electrons. The smallest absolute Gasteiger partial charge is 0.243 e. The molecular weight excluding hydrogens is 358 g/mol. The van der Waals surface area contributed by atoms with Crippen LogP contribution in [0.3, 0.4) is 0 Å². The highest BCUT2D eigenvalue weighted by Gasteiger charge is 2.25. The summed E-state index contributed by atoms with van der Waals surface area (Å²) in [6, 6.07) is 7.70. The monoisotopic (exact) mass is 377 g/mol. The summed E-state index contributed by atoms with van der Waals surface area (Å²) in [5.74, 6) is -0.0495. The molecule has 0 bridgehead atoms. The van der Waals surface area contributed by atoms with Crippen LogP contribution in [0.25, 0.3) is 0 Å². The Labute approximate surface area is 154 Å². The number of amides is 2. The lowest BCUT2D eigenvalue weighted by Gasteiger charge is -2.15. The molecule has 0 unspecified atom stereocenters. The van der Waals surface area contributed by atoms with Crippen LogP contribution in [0, 0.1) is 0 Å². The maximum atomic E-state index is 12.2. The van der Waals surface area contributed by atoms with Gasteiger partial charge in [-0.3, -0.25) is 14.5 Å². The van der Waals surface area contributed by atoms with Gasteiger partial charge in [0.15, 0.2) is 0 Å². The fraction of sp³-hybridized carbons (Fsp3) is 0.375. The van der Waals surface area contributed by atoms with Crippen LogP contribution in [0.15, 0.2) is 29.2 Å². The van der Waals surface area contributed by atoms with Crippen molar-refractivity contribution in [2.24, 2.45) is 0 Å². The number of hydrogen-bond acceptors (Lipinski definition) is 7. The van der Waals surface area contributed by atoms with Crippen LogP contribution in [-0.2, 0) is 9.59 Å². The number of rotatable bonds is 6. The van der Waals surface area contributed by atoms with E-state index < -0.39 is 0 Å². The third-order valence-corrected chi connectivity index (χ3v) is 5.55. The first kappa shape index (κ1) is 17.7. The normalized spacial score (nSPS) is 14.0. The van der Waals surface area contributed by atoms with Gasteiger partial charge in [0.05, 0.1) is 6.54 Å². The van der Waals surface area contributed by atoms with Gasteiger partial charge in [0.1, 0.15) is 0 Å². The zero-order valence-electron chi connectivity index (χ0n) is 14.1. The Bertz CT molecular complexity index is 779. The predicted molar refractivity (Wildman–Crippen MR) is 102 cm³/mol. The first-order valence-electron chi connectivity index (χ1n) is 7.86. The number of likely N-dealkylation sites (N-methyl/N-ethyl adjacent to an activating group) is 1. The molecule has 1 N–H and O–H groups in total. The van der Waals surface area contributed by atoms with Crippen molar-refractivity contribution in [1.82, 2.24) is 10.2 Å². The molecule has 7 nitrogen and oxygen atoms in total. The Morgan fingerprint density at radius 3 is 3.00 bits per heavy atom. The summed E-state index contributed by atoms with van der Waals surface area (Å²) in [5, 5.41) is 12.3. The van der Waals surface area contributed by atoms with Crippen LogP contribution in [0.2, 0.25) is 0 Å². The van der Waals surface area contributed by atoms with Crippen LogP contribution in [-0.4, -0.2) is 48.4 Å². The molecular formula is C16H19N5O2S2. The van der Waals surface area contributed by atoms with E-state index in [9.17, 15) is 9.59 Å². The van der Waals surface area contributed by atoms with E-state index in [-0.39, 0.29) is 18.4 Å². The molecule has 0 atom stereocenters. The Balaban J connectivity index is 1.59. The van der Waals surface area contributed by atoms with Crippen molar-refractivity contribution in [1.29, 1.82) is 0 Å². The molecule has 9 heteroatoms. The molecule has 1 fully saturated rings. The molecule has 3 rings (SSSR count). The van der Waals surface area contributed by atoms with Crippen LogP contribution in [0.1, 0.15) is 12.8 Å². The number of aromatic nitrogens is 2. The Morgan fingerprint density at radius 2 is 2.28 bits per heavy atom. The van der Waals surface area contributed by atoms with Crippen LogP contribution < -0.4 is 15.1 Å². The third kappa shape index (κ3) is 4.29. The van der Waals surface area contributed by atoms with Gasteiger partial charge in [-0.2, -0.15) is 0 Å². The molecule has 25 heavy (non-hydrogen) atoms. The van der Waals surface area contributed by atoms with Crippen molar-refractivity contribution in [2.75, 3.05) is 41.5 Å². The molecule has 0 spiro atoms. The highest BCUT2D eigenvalue weighted by atomic mass is 32.2. The van der Waals surface area contributed by atoms with Crippen molar-refractivity contribution in [3.8, 4) is 0 Å². The number of nitrogens with one attached hydrogen (secondary N) is 1. The zero-order valence-corrected chi connectivity index (χ0v) is 15.7. The first-order valence-corrected chi connectivity index (χ1v) is 9.90. The average Bonchev–Trinajstić information content (AvgIpc) is 3.23. The summed E-state index contributed by atoms with van der Waals surface area (Å²) in [7, 11) is 1.79. The minimum atomic E-state index is -0.130. The lowest BCUT2D eigenvalue weighted by atomic mass is 10.3. The predicted octanol–water partition coefficient (Wildman–Crippen LogP) is 2.46. The SMILES string of the molecule is CSc1cccc(NC(=O)CN(C)c2nnc(N3CCCC3=O)s2)c1. The molecule has 0 saturated carbocycles. The summed E-state index contributed by atoms with van der Waals surface area (Å²) in [4.78, 5) is 28.5. The van der Waals surface area contributed by atoms with Crippen molar-refractivity contribution in [3.05, 3.63) is 24.3 Å². The summed E-state index contributed by atoms with van der Waals surface area (Å²) < 4.78 is 0. The number of carbonyl (C=O) groups is 2. The zero-order chi connectivity index (χ0) is 17.8. The maximum Gasteiger partial charge on any atom is 0.243 e. The van der Waals surface area contributed by atoms with E-state index in [2.05, 4.69) is 15.5 Å². The number of thioether (sulfide) groups is 1. The maximum absolute atomic E-state index is 12.2. The standard InChI is InChI=1S/C16H19N5O2S2/c1-20(10-13(22)17-11-5-3-6-12(9-11)24-2)15-18-19-16(25-15)21-8-4-7-14(21)23/h3,5-6,9H,4,7-8,10H2,1-2H3,(H,17,22). The Hall–Kier alpha value is -2.13. The van der Waals surface area contributed by atoms with Gasteiger partial charge in [-0.1, -0.05) is 17.4 Å². The molecule has 0 aliphatic carbocycles. The molecule has 1 aromatic carbocycles. The van der Waals surface area contributed by atoms with Crippen molar-refractivity contribution < 1.29 is 9.59 Å². The number of anilines is 3. The van der Waals surface area contributed by atoms with Gasteiger partial charge >= 0.3 is 0 Å². The van der Waals surface area contributed by atoms with Gasteiger partial charge in [0.25, 0.3) is 0 Å². The second kappa shape index (κ2) is 7.83. The van der Waals surface area contributed by atoms with Crippen LogP contribution >= 0.6 is 23.1 Å². The minimum absolute atomic E-state index is 0.0803. The molecule has 2 heterocycles. The van der Waals surface area contributed by atoms with E-state index in [1.165, 1.54) is 11.3 Å². The molecule has 1 aliphatic rings. The van der Waals surface area contributed by atoms with E-state index in [0.29, 0.717) is 23.2 Å². The number of carbonyl (C=O) groups excluding carboxylic acids is 2. The number of hydrogen-bond donors (Lipinski definition) is 1. The third-order valence-electron chi connectivity index (χ3n) is 3.77. The van der Waals surface area contributed by atoms with Gasteiger partial charge in [-0.15, -0.1) is 22.0 Å². The Kier molecular flexibility index (Phi) is 5.54. The van der Waals surface area contributed by atoms with E-state index >= 15 is 0 Å². The first-order chi connectivity index (χ1) is 12.1. The fourth-order valence-corrected chi connectivity index (χ4v) is 3.82.